The Morgan fingerprint density at radius 3 is 2.62 bits per heavy atom. The highest BCUT2D eigenvalue weighted by Crippen LogP contribution is 2.10. The Kier molecular flexibility index (Phi) is 9.56. The molecule has 0 unspecified atom stereocenters. The molecule has 16 heavy (non-hydrogen) atoms. The number of unbranched alkanes of at least 4 members (excludes halogenated alkanes) is 1. The fourth-order valence-electron chi connectivity index (χ4n) is 1.02. The molecule has 0 spiro atoms. The van der Waals surface area contributed by atoms with Gasteiger partial charge in [0.25, 0.3) is 0 Å². The normalized spacial score (nSPS) is 8.19. The van der Waals surface area contributed by atoms with E-state index in [4.69, 9.17) is 11.6 Å². The molecule has 1 aromatic rings. The Morgan fingerprint density at radius 2 is 2.06 bits per heavy atom. The monoisotopic (exact) mass is 234 g/mol. The standard InChI is InChI=1S/C12H13Cl.C3H6/c1-2-3-4-5-7-11-8-6-9-12(13)10-11;1-3-2/h6,8-10H,2-3,7H2,1H3;3H,1H2,2H3. The van der Waals surface area contributed by atoms with Crippen molar-refractivity contribution in [3.05, 3.63) is 47.5 Å². The fraction of sp³-hybridized carbons (Fsp3) is 0.333. The third kappa shape index (κ3) is 8.15. The third-order valence-corrected chi connectivity index (χ3v) is 1.92. The second-order valence-corrected chi connectivity index (χ2v) is 3.75. The van der Waals surface area contributed by atoms with E-state index in [1.807, 2.05) is 31.2 Å². The van der Waals surface area contributed by atoms with Gasteiger partial charge in [-0.05, 0) is 31.0 Å². The van der Waals surface area contributed by atoms with Crippen LogP contribution < -0.4 is 0 Å². The Morgan fingerprint density at radius 1 is 1.38 bits per heavy atom. The van der Waals surface area contributed by atoms with Crippen LogP contribution in [0.2, 0.25) is 5.02 Å². The molecule has 0 fully saturated rings. The maximum atomic E-state index is 5.84. The molecule has 0 amide bonds. The summed E-state index contributed by atoms with van der Waals surface area (Å²) < 4.78 is 0. The molecule has 0 bridgehead atoms. The average molecular weight is 235 g/mol. The predicted molar refractivity (Wildman–Crippen MR) is 73.7 cm³/mol. The van der Waals surface area contributed by atoms with Gasteiger partial charge in [-0.25, -0.2) is 0 Å². The highest BCUT2D eigenvalue weighted by molar-refractivity contribution is 6.30. The van der Waals surface area contributed by atoms with Crippen molar-refractivity contribution in [2.24, 2.45) is 0 Å². The highest BCUT2D eigenvalue weighted by Gasteiger charge is 1.89. The summed E-state index contributed by atoms with van der Waals surface area (Å²) in [4.78, 5) is 0. The van der Waals surface area contributed by atoms with E-state index < -0.39 is 0 Å². The zero-order valence-corrected chi connectivity index (χ0v) is 10.8. The second-order valence-electron chi connectivity index (χ2n) is 3.32. The summed E-state index contributed by atoms with van der Waals surface area (Å²) in [6.45, 7) is 7.38. The molecule has 0 aromatic heterocycles. The molecule has 1 aromatic carbocycles. The fourth-order valence-corrected chi connectivity index (χ4v) is 1.24. The molecule has 0 N–H and O–H groups in total. The van der Waals surface area contributed by atoms with Crippen molar-refractivity contribution in [2.45, 2.75) is 33.1 Å². The maximum absolute atomic E-state index is 5.84. The zero-order chi connectivity index (χ0) is 12.2. The molecular formula is C15H19Cl. The second kappa shape index (κ2) is 10.3. The Balaban J connectivity index is 0.000000673. The molecule has 0 nitrogen and oxygen atoms in total. The summed E-state index contributed by atoms with van der Waals surface area (Å²) in [5.41, 5.74) is 1.19. The Hall–Kier alpha value is -1.19. The van der Waals surface area contributed by atoms with Gasteiger partial charge in [0.05, 0.1) is 0 Å². The van der Waals surface area contributed by atoms with Crippen molar-refractivity contribution < 1.29 is 0 Å². The summed E-state index contributed by atoms with van der Waals surface area (Å²) in [6, 6.07) is 7.85. The van der Waals surface area contributed by atoms with Crippen molar-refractivity contribution in [2.75, 3.05) is 0 Å². The first-order chi connectivity index (χ1) is 7.74. The maximum Gasteiger partial charge on any atom is 0.0409 e. The molecule has 0 atom stereocenters. The van der Waals surface area contributed by atoms with Crippen LogP contribution in [0.3, 0.4) is 0 Å². The van der Waals surface area contributed by atoms with E-state index in [-0.39, 0.29) is 0 Å². The van der Waals surface area contributed by atoms with Crippen LogP contribution in [0.4, 0.5) is 0 Å². The molecule has 0 aliphatic carbocycles. The van der Waals surface area contributed by atoms with Gasteiger partial charge in [-0.3, -0.25) is 0 Å². The summed E-state index contributed by atoms with van der Waals surface area (Å²) in [6.07, 6.45) is 4.67. The van der Waals surface area contributed by atoms with Crippen LogP contribution in [0.15, 0.2) is 36.9 Å². The average Bonchev–Trinajstić information content (AvgIpc) is 2.26. The molecule has 0 radical (unpaired) electrons. The van der Waals surface area contributed by atoms with Crippen molar-refractivity contribution in [3.63, 3.8) is 0 Å². The van der Waals surface area contributed by atoms with Gasteiger partial charge in [0.2, 0.25) is 0 Å². The molecule has 1 heteroatoms. The predicted octanol–water partition coefficient (Wildman–Crippen LogP) is 4.88. The van der Waals surface area contributed by atoms with Gasteiger partial charge in [-0.2, -0.15) is 0 Å². The molecule has 1 rings (SSSR count). The van der Waals surface area contributed by atoms with Gasteiger partial charge >= 0.3 is 0 Å². The number of benzene rings is 1. The van der Waals surface area contributed by atoms with Crippen molar-refractivity contribution in [1.82, 2.24) is 0 Å². The van der Waals surface area contributed by atoms with Crippen molar-refractivity contribution in [3.8, 4) is 11.8 Å². The third-order valence-electron chi connectivity index (χ3n) is 1.68. The number of hydrogen-bond donors (Lipinski definition) is 0. The van der Waals surface area contributed by atoms with Crippen molar-refractivity contribution >= 4 is 11.6 Å². The van der Waals surface area contributed by atoms with Crippen molar-refractivity contribution in [1.29, 1.82) is 0 Å². The Bertz CT molecular complexity index is 355. The first-order valence-corrected chi connectivity index (χ1v) is 5.89. The number of halogens is 1. The lowest BCUT2D eigenvalue weighted by atomic mass is 10.1. The minimum atomic E-state index is 0.787. The quantitative estimate of drug-likeness (QED) is 0.506. The number of rotatable bonds is 2. The van der Waals surface area contributed by atoms with Crippen LogP contribution in [0.25, 0.3) is 0 Å². The smallest absolute Gasteiger partial charge is 0.0409 e. The molecule has 0 aliphatic heterocycles. The summed E-state index contributed by atoms with van der Waals surface area (Å²) in [7, 11) is 0. The minimum absolute atomic E-state index is 0.787. The van der Waals surface area contributed by atoms with E-state index in [9.17, 15) is 0 Å². The summed E-state index contributed by atoms with van der Waals surface area (Å²) in [5.74, 6) is 6.23. The van der Waals surface area contributed by atoms with Gasteiger partial charge in [0.15, 0.2) is 0 Å². The van der Waals surface area contributed by atoms with Crippen LogP contribution in [0.5, 0.6) is 0 Å². The van der Waals surface area contributed by atoms with Crippen LogP contribution in [-0.4, -0.2) is 0 Å². The van der Waals surface area contributed by atoms with E-state index in [0.717, 1.165) is 24.3 Å². The molecule has 0 heterocycles. The van der Waals surface area contributed by atoms with Gasteiger partial charge < -0.3 is 0 Å². The van der Waals surface area contributed by atoms with Gasteiger partial charge in [0.1, 0.15) is 0 Å². The summed E-state index contributed by atoms with van der Waals surface area (Å²) in [5, 5.41) is 0.787. The molecular weight excluding hydrogens is 216 g/mol. The molecule has 0 aliphatic rings. The van der Waals surface area contributed by atoms with Crippen LogP contribution in [0, 0.1) is 11.8 Å². The van der Waals surface area contributed by atoms with E-state index >= 15 is 0 Å². The lowest BCUT2D eigenvalue weighted by Crippen LogP contribution is -1.80. The first kappa shape index (κ1) is 14.8. The van der Waals surface area contributed by atoms with Crippen LogP contribution >= 0.6 is 11.6 Å². The lowest BCUT2D eigenvalue weighted by Gasteiger charge is -1.94. The summed E-state index contributed by atoms with van der Waals surface area (Å²) >= 11 is 5.84. The topological polar surface area (TPSA) is 0 Å². The van der Waals surface area contributed by atoms with E-state index in [1.54, 1.807) is 6.08 Å². The van der Waals surface area contributed by atoms with E-state index in [1.165, 1.54) is 5.56 Å². The number of hydrogen-bond acceptors (Lipinski definition) is 0. The first-order valence-electron chi connectivity index (χ1n) is 5.51. The van der Waals surface area contributed by atoms with E-state index in [2.05, 4.69) is 25.3 Å². The molecule has 86 valence electrons. The van der Waals surface area contributed by atoms with E-state index in [0.29, 0.717) is 0 Å². The van der Waals surface area contributed by atoms with Gasteiger partial charge in [-0.1, -0.05) is 42.7 Å². The molecule has 0 saturated carbocycles. The SMILES string of the molecule is C=CC.CCCC#CCc1cccc(Cl)c1. The number of allylic oxidation sites excluding steroid dienone is 1. The van der Waals surface area contributed by atoms with Crippen LogP contribution in [0.1, 0.15) is 32.3 Å². The highest BCUT2D eigenvalue weighted by atomic mass is 35.5. The van der Waals surface area contributed by atoms with Gasteiger partial charge in [0, 0.05) is 17.9 Å². The largest absolute Gasteiger partial charge is 0.103 e. The zero-order valence-electron chi connectivity index (χ0n) is 10.1. The minimum Gasteiger partial charge on any atom is -0.103 e. The Labute approximate surface area is 104 Å². The lowest BCUT2D eigenvalue weighted by molar-refractivity contribution is 0.981. The molecule has 0 saturated heterocycles. The van der Waals surface area contributed by atoms with Gasteiger partial charge in [-0.15, -0.1) is 12.5 Å². The van der Waals surface area contributed by atoms with Crippen LogP contribution in [-0.2, 0) is 6.42 Å².